The topological polar surface area (TPSA) is 68.2 Å². The number of hydrogen-bond donors (Lipinski definition) is 2. The Bertz CT molecular complexity index is 1150. The molecule has 0 radical (unpaired) electrons. The van der Waals surface area contributed by atoms with Gasteiger partial charge in [0.05, 0.1) is 19.3 Å². The molecule has 5 nitrogen and oxygen atoms in total. The smallest absolute Gasteiger partial charge is 0.192 e. The third-order valence-electron chi connectivity index (χ3n) is 9.43. The first-order valence-electron chi connectivity index (χ1n) is 15.4. The van der Waals surface area contributed by atoms with Crippen molar-refractivity contribution in [2.24, 2.45) is 0 Å². The maximum Gasteiger partial charge on any atom is 0.192 e. The van der Waals surface area contributed by atoms with Gasteiger partial charge in [-0.25, -0.2) is 0 Å². The lowest BCUT2D eigenvalue weighted by molar-refractivity contribution is -0.109. The van der Waals surface area contributed by atoms with Gasteiger partial charge in [0.2, 0.25) is 0 Å². The second-order valence-electron chi connectivity index (χ2n) is 14.6. The summed E-state index contributed by atoms with van der Waals surface area (Å²) >= 11 is 0. The summed E-state index contributed by atoms with van der Waals surface area (Å²) in [6.45, 7) is 21.4. The molecule has 3 rings (SSSR count). The van der Waals surface area contributed by atoms with E-state index in [1.165, 1.54) is 0 Å². The summed E-state index contributed by atoms with van der Waals surface area (Å²) in [6.07, 6.45) is -2.54. The number of benzene rings is 3. The van der Waals surface area contributed by atoms with Crippen molar-refractivity contribution in [2.75, 3.05) is 13.2 Å². The second kappa shape index (κ2) is 13.9. The number of rotatable bonds is 13. The van der Waals surface area contributed by atoms with E-state index < -0.39 is 40.5 Å². The van der Waals surface area contributed by atoms with Gasteiger partial charge in [0, 0.05) is 0 Å². The SMILES string of the molecule is CC(C)(C)[Si](C)(C)O[C@H]([C@H](O)COC(c1ccccc1)(c1ccccc1)c1ccccc1)[C@H](CO)O[Si](C)(C)C(C)(C)C. The molecular weight excluding hydrogens is 569 g/mol. The van der Waals surface area contributed by atoms with E-state index in [1.807, 2.05) is 54.6 Å². The Balaban J connectivity index is 2.10. The molecule has 0 spiro atoms. The van der Waals surface area contributed by atoms with E-state index in [-0.39, 0.29) is 23.3 Å². The lowest BCUT2D eigenvalue weighted by atomic mass is 9.80. The van der Waals surface area contributed by atoms with E-state index >= 15 is 0 Å². The van der Waals surface area contributed by atoms with Crippen LogP contribution in [0.15, 0.2) is 91.0 Å². The molecule has 3 aromatic carbocycles. The molecule has 3 aromatic rings. The molecule has 236 valence electrons. The van der Waals surface area contributed by atoms with Crippen LogP contribution in [0.2, 0.25) is 36.3 Å². The standard InChI is InChI=1S/C36H54O5Si2/c1-34(2,3)42(7,8)40-32(26-37)33(41-43(9,10)35(4,5)6)31(38)27-39-36(28-20-14-11-15-21-28,29-22-16-12-17-23-29)30-24-18-13-19-25-30/h11-25,31-33,37-38H,26-27H2,1-10H3/t31-,32+,33-/m1/s1. The highest BCUT2D eigenvalue weighted by molar-refractivity contribution is 6.74. The van der Waals surface area contributed by atoms with Gasteiger partial charge < -0.3 is 23.8 Å². The van der Waals surface area contributed by atoms with Crippen LogP contribution in [-0.2, 0) is 19.2 Å². The molecule has 0 unspecified atom stereocenters. The highest BCUT2D eigenvalue weighted by atomic mass is 28.4. The molecule has 0 saturated carbocycles. The lowest BCUT2D eigenvalue weighted by Crippen LogP contribution is -2.57. The minimum atomic E-state index is -2.39. The molecule has 0 aliphatic rings. The summed E-state index contributed by atoms with van der Waals surface area (Å²) in [5, 5.41) is 22.6. The van der Waals surface area contributed by atoms with Crippen molar-refractivity contribution in [3.05, 3.63) is 108 Å². The Labute approximate surface area is 262 Å². The molecule has 2 N–H and O–H groups in total. The average molecular weight is 623 g/mol. The third kappa shape index (κ3) is 8.14. The van der Waals surface area contributed by atoms with Crippen LogP contribution < -0.4 is 0 Å². The van der Waals surface area contributed by atoms with Crippen LogP contribution >= 0.6 is 0 Å². The first-order valence-corrected chi connectivity index (χ1v) is 21.2. The molecule has 0 heterocycles. The highest BCUT2D eigenvalue weighted by Crippen LogP contribution is 2.43. The van der Waals surface area contributed by atoms with Crippen molar-refractivity contribution in [1.82, 2.24) is 0 Å². The molecule has 0 bridgehead atoms. The fourth-order valence-corrected chi connectivity index (χ4v) is 7.42. The van der Waals surface area contributed by atoms with Gasteiger partial charge in [-0.1, -0.05) is 133 Å². The Hall–Kier alpha value is -2.11. The van der Waals surface area contributed by atoms with Crippen molar-refractivity contribution < 1.29 is 23.8 Å². The molecule has 0 aliphatic heterocycles. The number of hydrogen-bond acceptors (Lipinski definition) is 5. The van der Waals surface area contributed by atoms with Crippen molar-refractivity contribution in [2.45, 2.75) is 102 Å². The third-order valence-corrected chi connectivity index (χ3v) is 18.4. The Morgan fingerprint density at radius 1 is 0.605 bits per heavy atom. The van der Waals surface area contributed by atoms with Crippen molar-refractivity contribution >= 4 is 16.6 Å². The molecule has 0 aromatic heterocycles. The van der Waals surface area contributed by atoms with E-state index in [1.54, 1.807) is 0 Å². The zero-order valence-electron chi connectivity index (χ0n) is 27.9. The first kappa shape index (κ1) is 35.4. The molecule has 3 atom stereocenters. The van der Waals surface area contributed by atoms with Crippen molar-refractivity contribution in [3.63, 3.8) is 0 Å². The Morgan fingerprint density at radius 3 is 1.28 bits per heavy atom. The summed E-state index contributed by atoms with van der Waals surface area (Å²) in [5.74, 6) is 0. The number of aliphatic hydroxyl groups is 2. The normalized spacial score (nSPS) is 15.6. The number of ether oxygens (including phenoxy) is 1. The largest absolute Gasteiger partial charge is 0.409 e. The van der Waals surface area contributed by atoms with Crippen LogP contribution in [0, 0.1) is 0 Å². The summed E-state index contributed by atoms with van der Waals surface area (Å²) in [7, 11) is -4.70. The second-order valence-corrected chi connectivity index (χ2v) is 24.1. The molecule has 0 amide bonds. The maximum absolute atomic E-state index is 12.0. The van der Waals surface area contributed by atoms with Gasteiger partial charge in [0.15, 0.2) is 16.6 Å². The molecule has 7 heteroatoms. The molecule has 0 saturated heterocycles. The van der Waals surface area contributed by atoms with E-state index in [0.717, 1.165) is 16.7 Å². The number of aliphatic hydroxyl groups excluding tert-OH is 2. The summed E-state index contributed by atoms with van der Waals surface area (Å²) < 4.78 is 20.6. The monoisotopic (exact) mass is 622 g/mol. The zero-order chi connectivity index (χ0) is 32.1. The fourth-order valence-electron chi connectivity index (χ4n) is 4.76. The van der Waals surface area contributed by atoms with Gasteiger partial charge in [-0.3, -0.25) is 0 Å². The van der Waals surface area contributed by atoms with Gasteiger partial charge in [0.1, 0.15) is 17.8 Å². The van der Waals surface area contributed by atoms with Crippen molar-refractivity contribution in [1.29, 1.82) is 0 Å². The summed E-state index contributed by atoms with van der Waals surface area (Å²) in [5.41, 5.74) is 1.88. The van der Waals surface area contributed by atoms with Crippen LogP contribution in [0.25, 0.3) is 0 Å². The summed E-state index contributed by atoms with van der Waals surface area (Å²) in [4.78, 5) is 0. The Kier molecular flexibility index (Phi) is 11.4. The quantitative estimate of drug-likeness (QED) is 0.149. The van der Waals surface area contributed by atoms with Crippen LogP contribution in [0.5, 0.6) is 0 Å². The minimum absolute atomic E-state index is 0.0324. The van der Waals surface area contributed by atoms with E-state index in [4.69, 9.17) is 13.6 Å². The summed E-state index contributed by atoms with van der Waals surface area (Å²) in [6, 6.07) is 30.4. The van der Waals surface area contributed by atoms with Gasteiger partial charge >= 0.3 is 0 Å². The first-order chi connectivity index (χ1) is 20.0. The lowest BCUT2D eigenvalue weighted by Gasteiger charge is -2.46. The molecular formula is C36H54O5Si2. The fraction of sp³-hybridized carbons (Fsp3) is 0.500. The van der Waals surface area contributed by atoms with Gasteiger partial charge in [-0.15, -0.1) is 0 Å². The molecule has 0 aliphatic carbocycles. The van der Waals surface area contributed by atoms with E-state index in [9.17, 15) is 10.2 Å². The van der Waals surface area contributed by atoms with Crippen LogP contribution in [0.1, 0.15) is 58.2 Å². The van der Waals surface area contributed by atoms with Crippen LogP contribution in [0.3, 0.4) is 0 Å². The van der Waals surface area contributed by atoms with E-state index in [0.29, 0.717) is 0 Å². The van der Waals surface area contributed by atoms with Gasteiger partial charge in [-0.2, -0.15) is 0 Å². The zero-order valence-corrected chi connectivity index (χ0v) is 29.9. The van der Waals surface area contributed by atoms with Gasteiger partial charge in [0.25, 0.3) is 0 Å². The van der Waals surface area contributed by atoms with E-state index in [2.05, 4.69) is 104 Å². The van der Waals surface area contributed by atoms with Crippen molar-refractivity contribution in [3.8, 4) is 0 Å². The van der Waals surface area contributed by atoms with Crippen LogP contribution in [-0.4, -0.2) is 58.4 Å². The molecule has 0 fully saturated rings. The predicted octanol–water partition coefficient (Wildman–Crippen LogP) is 8.13. The van der Waals surface area contributed by atoms with Gasteiger partial charge in [-0.05, 0) is 53.0 Å². The predicted molar refractivity (Wildman–Crippen MR) is 182 cm³/mol. The minimum Gasteiger partial charge on any atom is -0.409 e. The van der Waals surface area contributed by atoms with Crippen LogP contribution in [0.4, 0.5) is 0 Å². The maximum atomic E-state index is 12.0. The highest BCUT2D eigenvalue weighted by Gasteiger charge is 2.47. The Morgan fingerprint density at radius 2 is 0.953 bits per heavy atom. The average Bonchev–Trinajstić information content (AvgIpc) is 2.95. The molecule has 43 heavy (non-hydrogen) atoms.